The van der Waals surface area contributed by atoms with Crippen molar-refractivity contribution < 1.29 is 14.3 Å². The van der Waals surface area contributed by atoms with E-state index in [1.54, 1.807) is 0 Å². The van der Waals surface area contributed by atoms with Crippen molar-refractivity contribution in [2.24, 2.45) is 0 Å². The number of nitrogens with zero attached hydrogens (tertiary/aromatic N) is 1. The molecule has 0 aliphatic carbocycles. The minimum absolute atomic E-state index is 0.0987. The largest absolute Gasteiger partial charge is 0.486 e. The van der Waals surface area contributed by atoms with Gasteiger partial charge >= 0.3 is 5.97 Å². The summed E-state index contributed by atoms with van der Waals surface area (Å²) in [6.07, 6.45) is 0.666. The molecule has 0 unspecified atom stereocenters. The molecule has 0 saturated heterocycles. The van der Waals surface area contributed by atoms with E-state index in [-0.39, 0.29) is 18.6 Å². The van der Waals surface area contributed by atoms with Crippen molar-refractivity contribution in [3.63, 3.8) is 0 Å². The number of carbonyl (C=O) groups is 1. The van der Waals surface area contributed by atoms with Gasteiger partial charge in [-0.1, -0.05) is 72.8 Å². The van der Waals surface area contributed by atoms with Gasteiger partial charge in [0.15, 0.2) is 0 Å². The normalized spacial score (nSPS) is 11.8. The second kappa shape index (κ2) is 11.2. The van der Waals surface area contributed by atoms with Gasteiger partial charge in [0.25, 0.3) is 0 Å². The summed E-state index contributed by atoms with van der Waals surface area (Å²) in [6.45, 7) is 3.23. The summed E-state index contributed by atoms with van der Waals surface area (Å²) >= 11 is 0. The molecule has 3 rings (SSSR count). The molecule has 4 nitrogen and oxygen atoms in total. The molecule has 30 heavy (non-hydrogen) atoms. The minimum atomic E-state index is -0.200. The van der Waals surface area contributed by atoms with Gasteiger partial charge in [0.1, 0.15) is 11.9 Å². The molecular weight excluding hydrogens is 374 g/mol. The number of benzene rings is 3. The van der Waals surface area contributed by atoms with Gasteiger partial charge in [0.2, 0.25) is 0 Å². The Labute approximate surface area is 179 Å². The van der Waals surface area contributed by atoms with Crippen molar-refractivity contribution >= 4 is 5.97 Å². The van der Waals surface area contributed by atoms with E-state index in [1.807, 2.05) is 67.4 Å². The Morgan fingerprint density at radius 2 is 1.47 bits per heavy atom. The van der Waals surface area contributed by atoms with Gasteiger partial charge in [-0.2, -0.15) is 0 Å². The molecule has 0 saturated carbocycles. The van der Waals surface area contributed by atoms with Crippen LogP contribution in [-0.2, 0) is 9.53 Å². The molecule has 0 N–H and O–H groups in total. The van der Waals surface area contributed by atoms with Gasteiger partial charge in [0.05, 0.1) is 13.2 Å². The lowest BCUT2D eigenvalue weighted by Crippen LogP contribution is -2.29. The molecule has 1 atom stereocenters. The van der Waals surface area contributed by atoms with E-state index in [9.17, 15) is 4.79 Å². The second-order valence-electron chi connectivity index (χ2n) is 7.24. The zero-order valence-electron chi connectivity index (χ0n) is 17.7. The first-order valence-electron chi connectivity index (χ1n) is 10.4. The number of hydrogen-bond acceptors (Lipinski definition) is 4. The van der Waals surface area contributed by atoms with Crippen LogP contribution < -0.4 is 4.74 Å². The molecule has 0 spiro atoms. The highest BCUT2D eigenvalue weighted by molar-refractivity contribution is 5.71. The van der Waals surface area contributed by atoms with Gasteiger partial charge < -0.3 is 9.47 Å². The molecule has 0 amide bonds. The average Bonchev–Trinajstić information content (AvgIpc) is 2.78. The lowest BCUT2D eigenvalue weighted by Gasteiger charge is -2.23. The Hall–Kier alpha value is -3.11. The number of esters is 1. The number of ether oxygens (including phenoxy) is 2. The minimum Gasteiger partial charge on any atom is -0.486 e. The van der Waals surface area contributed by atoms with Gasteiger partial charge in [-0.3, -0.25) is 9.69 Å². The Bertz CT molecular complexity index is 895. The van der Waals surface area contributed by atoms with Crippen molar-refractivity contribution in [3.05, 3.63) is 90.5 Å². The fourth-order valence-corrected chi connectivity index (χ4v) is 3.33. The van der Waals surface area contributed by atoms with E-state index in [0.717, 1.165) is 29.8 Å². The quantitative estimate of drug-likeness (QED) is 0.427. The summed E-state index contributed by atoms with van der Waals surface area (Å²) in [6, 6.07) is 28.7. The fourth-order valence-electron chi connectivity index (χ4n) is 3.33. The van der Waals surface area contributed by atoms with Crippen LogP contribution in [0.4, 0.5) is 0 Å². The molecule has 0 aliphatic heterocycles. The number of hydrogen-bond donors (Lipinski definition) is 0. The van der Waals surface area contributed by atoms with E-state index in [4.69, 9.17) is 9.47 Å². The average molecular weight is 404 g/mol. The Balaban J connectivity index is 1.66. The van der Waals surface area contributed by atoms with Crippen LogP contribution in [0.5, 0.6) is 5.75 Å². The van der Waals surface area contributed by atoms with Gasteiger partial charge in [0, 0.05) is 13.0 Å². The number of rotatable bonds is 10. The molecule has 0 radical (unpaired) electrons. The summed E-state index contributed by atoms with van der Waals surface area (Å²) in [5.41, 5.74) is 3.46. The van der Waals surface area contributed by atoms with Crippen LogP contribution in [0.3, 0.4) is 0 Å². The monoisotopic (exact) mass is 403 g/mol. The zero-order chi connectivity index (χ0) is 21.2. The van der Waals surface area contributed by atoms with Crippen LogP contribution >= 0.6 is 0 Å². The zero-order valence-corrected chi connectivity index (χ0v) is 17.7. The highest BCUT2D eigenvalue weighted by atomic mass is 16.5. The Morgan fingerprint density at radius 1 is 0.867 bits per heavy atom. The molecule has 0 aromatic heterocycles. The lowest BCUT2D eigenvalue weighted by molar-refractivity contribution is -0.144. The first-order valence-corrected chi connectivity index (χ1v) is 10.4. The van der Waals surface area contributed by atoms with Gasteiger partial charge in [-0.15, -0.1) is 0 Å². The molecular formula is C26H29NO3. The molecule has 4 heteroatoms. The van der Waals surface area contributed by atoms with E-state index in [0.29, 0.717) is 6.61 Å². The molecule has 0 heterocycles. The molecule has 0 bridgehead atoms. The van der Waals surface area contributed by atoms with Crippen LogP contribution in [0.15, 0.2) is 84.9 Å². The van der Waals surface area contributed by atoms with Crippen LogP contribution in [0.1, 0.15) is 25.0 Å². The standard InChI is InChI=1S/C26H29NO3/c1-3-29-26(28)20-27(2)19-18-25(23-12-8-5-9-13-23)30-24-16-14-22(15-17-24)21-10-6-4-7-11-21/h4-17,25H,3,18-20H2,1-2H3/t25-/m1/s1. The molecule has 3 aromatic carbocycles. The Kier molecular flexibility index (Phi) is 8.04. The SMILES string of the molecule is CCOC(=O)CN(C)CC[C@@H](Oc1ccc(-c2ccccc2)cc1)c1ccccc1. The fraction of sp³-hybridized carbons (Fsp3) is 0.269. The summed E-state index contributed by atoms with van der Waals surface area (Å²) in [7, 11) is 1.92. The highest BCUT2D eigenvalue weighted by Crippen LogP contribution is 2.27. The molecule has 0 aliphatic rings. The van der Waals surface area contributed by atoms with Crippen molar-refractivity contribution in [2.75, 3.05) is 26.7 Å². The van der Waals surface area contributed by atoms with E-state index >= 15 is 0 Å². The third-order valence-electron chi connectivity index (χ3n) is 4.89. The maximum atomic E-state index is 11.7. The maximum absolute atomic E-state index is 11.7. The summed E-state index contributed by atoms with van der Waals surface area (Å²) in [5, 5.41) is 0. The van der Waals surface area contributed by atoms with E-state index in [2.05, 4.69) is 36.4 Å². The van der Waals surface area contributed by atoms with Crippen LogP contribution in [0.2, 0.25) is 0 Å². The smallest absolute Gasteiger partial charge is 0.320 e. The molecule has 156 valence electrons. The Morgan fingerprint density at radius 3 is 2.10 bits per heavy atom. The van der Waals surface area contributed by atoms with Crippen molar-refractivity contribution in [1.29, 1.82) is 0 Å². The second-order valence-corrected chi connectivity index (χ2v) is 7.24. The maximum Gasteiger partial charge on any atom is 0.320 e. The summed E-state index contributed by atoms with van der Waals surface area (Å²) in [4.78, 5) is 13.7. The molecule has 3 aromatic rings. The third-order valence-corrected chi connectivity index (χ3v) is 4.89. The number of carbonyl (C=O) groups excluding carboxylic acids is 1. The predicted molar refractivity (Wildman–Crippen MR) is 120 cm³/mol. The van der Waals surface area contributed by atoms with E-state index in [1.165, 1.54) is 5.56 Å². The van der Waals surface area contributed by atoms with Crippen LogP contribution in [0, 0.1) is 0 Å². The highest BCUT2D eigenvalue weighted by Gasteiger charge is 2.16. The van der Waals surface area contributed by atoms with Crippen molar-refractivity contribution in [2.45, 2.75) is 19.4 Å². The van der Waals surface area contributed by atoms with Crippen molar-refractivity contribution in [3.8, 4) is 16.9 Å². The number of likely N-dealkylation sites (N-methyl/N-ethyl adjacent to an activating group) is 1. The predicted octanol–water partition coefficient (Wildman–Crippen LogP) is 5.36. The third kappa shape index (κ3) is 6.46. The van der Waals surface area contributed by atoms with E-state index < -0.39 is 0 Å². The summed E-state index contributed by atoms with van der Waals surface area (Å²) in [5.74, 6) is 0.630. The van der Waals surface area contributed by atoms with Crippen LogP contribution in [0.25, 0.3) is 11.1 Å². The van der Waals surface area contributed by atoms with Crippen LogP contribution in [-0.4, -0.2) is 37.6 Å². The van der Waals surface area contributed by atoms with Crippen molar-refractivity contribution in [1.82, 2.24) is 4.90 Å². The van der Waals surface area contributed by atoms with Gasteiger partial charge in [-0.25, -0.2) is 0 Å². The topological polar surface area (TPSA) is 38.8 Å². The first-order chi connectivity index (χ1) is 14.7. The summed E-state index contributed by atoms with van der Waals surface area (Å²) < 4.78 is 11.4. The van der Waals surface area contributed by atoms with Gasteiger partial charge in [-0.05, 0) is 42.8 Å². The lowest BCUT2D eigenvalue weighted by atomic mass is 10.0. The molecule has 0 fully saturated rings. The first kappa shape index (κ1) is 21.6.